The zero-order chi connectivity index (χ0) is 13.8. The Hall–Kier alpha value is -1.20. The molecule has 19 heavy (non-hydrogen) atoms. The van der Waals surface area contributed by atoms with Gasteiger partial charge in [0.2, 0.25) is 0 Å². The Morgan fingerprint density at radius 1 is 1.42 bits per heavy atom. The van der Waals surface area contributed by atoms with Gasteiger partial charge in [-0.05, 0) is 39.8 Å². The maximum atomic E-state index is 11.0. The van der Waals surface area contributed by atoms with Gasteiger partial charge in [-0.25, -0.2) is 9.97 Å². The topological polar surface area (TPSA) is 58.1 Å². The third-order valence-corrected chi connectivity index (χ3v) is 3.75. The summed E-state index contributed by atoms with van der Waals surface area (Å²) < 4.78 is 0. The first-order valence-corrected chi connectivity index (χ1v) is 6.97. The summed E-state index contributed by atoms with van der Waals surface area (Å²) in [4.78, 5) is 21.7. The van der Waals surface area contributed by atoms with Gasteiger partial charge < -0.3 is 5.32 Å². The summed E-state index contributed by atoms with van der Waals surface area (Å²) in [5.74, 6) is 1.09. The number of aryl methyl sites for hydroxylation is 1. The average Bonchev–Trinajstić information content (AvgIpc) is 2.89. The molecule has 1 aliphatic heterocycles. The van der Waals surface area contributed by atoms with Gasteiger partial charge in [0.1, 0.15) is 16.8 Å². The van der Waals surface area contributed by atoms with Crippen LogP contribution in [0.25, 0.3) is 0 Å². The van der Waals surface area contributed by atoms with Crippen molar-refractivity contribution < 1.29 is 4.79 Å². The molecule has 1 aromatic rings. The number of hydrogen-bond acceptors (Lipinski definition) is 5. The van der Waals surface area contributed by atoms with Gasteiger partial charge in [0.05, 0.1) is 5.56 Å². The Bertz CT molecular complexity index is 460. The van der Waals surface area contributed by atoms with Crippen molar-refractivity contribution in [2.24, 2.45) is 0 Å². The molecular weight excluding hydrogens is 264 g/mol. The third kappa shape index (κ3) is 3.42. The smallest absolute Gasteiger partial charge is 0.156 e. The first-order chi connectivity index (χ1) is 9.11. The van der Waals surface area contributed by atoms with Crippen molar-refractivity contribution in [2.75, 3.05) is 25.0 Å². The molecule has 1 saturated heterocycles. The highest BCUT2D eigenvalue weighted by Gasteiger charge is 2.18. The third-order valence-electron chi connectivity index (χ3n) is 3.46. The van der Waals surface area contributed by atoms with E-state index < -0.39 is 0 Å². The van der Waals surface area contributed by atoms with E-state index in [-0.39, 0.29) is 5.15 Å². The van der Waals surface area contributed by atoms with Crippen LogP contribution in [0.2, 0.25) is 5.15 Å². The van der Waals surface area contributed by atoms with Crippen LogP contribution in [0.4, 0.5) is 5.82 Å². The van der Waals surface area contributed by atoms with Crippen LogP contribution in [0, 0.1) is 6.92 Å². The Morgan fingerprint density at radius 2 is 2.11 bits per heavy atom. The lowest BCUT2D eigenvalue weighted by atomic mass is 10.2. The highest BCUT2D eigenvalue weighted by Crippen LogP contribution is 2.19. The fourth-order valence-corrected chi connectivity index (χ4v) is 2.60. The quantitative estimate of drug-likeness (QED) is 0.662. The maximum Gasteiger partial charge on any atom is 0.156 e. The van der Waals surface area contributed by atoms with Crippen LogP contribution >= 0.6 is 11.6 Å². The number of carbonyl (C=O) groups is 1. The highest BCUT2D eigenvalue weighted by atomic mass is 35.5. The molecule has 0 radical (unpaired) electrons. The summed E-state index contributed by atoms with van der Waals surface area (Å²) in [6, 6.07) is 0.413. The van der Waals surface area contributed by atoms with Crippen LogP contribution in [0.3, 0.4) is 0 Å². The molecule has 2 heterocycles. The van der Waals surface area contributed by atoms with Crippen LogP contribution in [0.5, 0.6) is 0 Å². The van der Waals surface area contributed by atoms with Crippen molar-refractivity contribution >= 4 is 23.7 Å². The Labute approximate surface area is 118 Å². The minimum absolute atomic E-state index is 0.207. The molecule has 0 aromatic carbocycles. The number of hydrogen-bond donors (Lipinski definition) is 1. The lowest BCUT2D eigenvalue weighted by Gasteiger charge is -2.24. The van der Waals surface area contributed by atoms with E-state index in [1.54, 1.807) is 6.92 Å². The van der Waals surface area contributed by atoms with Gasteiger partial charge in [-0.2, -0.15) is 0 Å². The summed E-state index contributed by atoms with van der Waals surface area (Å²) in [6.07, 6.45) is 3.23. The summed E-state index contributed by atoms with van der Waals surface area (Å²) in [5.41, 5.74) is 0.334. The van der Waals surface area contributed by atoms with Gasteiger partial charge in [-0.3, -0.25) is 9.69 Å². The predicted octanol–water partition coefficient (Wildman–Crippen LogP) is 2.15. The molecule has 0 aliphatic carbocycles. The first-order valence-electron chi connectivity index (χ1n) is 6.59. The molecule has 1 fully saturated rings. The largest absolute Gasteiger partial charge is 0.368 e. The van der Waals surface area contributed by atoms with Crippen molar-refractivity contribution in [3.05, 3.63) is 16.5 Å². The molecule has 0 amide bonds. The number of carbonyl (C=O) groups excluding carboxylic acids is 1. The van der Waals surface area contributed by atoms with Crippen LogP contribution < -0.4 is 5.32 Å². The Morgan fingerprint density at radius 3 is 2.74 bits per heavy atom. The van der Waals surface area contributed by atoms with E-state index in [2.05, 4.69) is 27.1 Å². The van der Waals surface area contributed by atoms with E-state index in [0.717, 1.165) is 19.6 Å². The number of aromatic nitrogens is 2. The number of rotatable bonds is 5. The average molecular weight is 283 g/mol. The lowest BCUT2D eigenvalue weighted by Crippen LogP contribution is -2.35. The normalized spacial score (nSPS) is 17.4. The van der Waals surface area contributed by atoms with Crippen LogP contribution in [0.15, 0.2) is 0 Å². The lowest BCUT2D eigenvalue weighted by molar-refractivity contribution is 0.112. The molecule has 0 bridgehead atoms. The van der Waals surface area contributed by atoms with Gasteiger partial charge in [0, 0.05) is 12.6 Å². The molecule has 1 atom stereocenters. The zero-order valence-electron chi connectivity index (χ0n) is 11.3. The number of likely N-dealkylation sites (tertiary alicyclic amines) is 1. The van der Waals surface area contributed by atoms with Crippen molar-refractivity contribution in [1.29, 1.82) is 0 Å². The van der Waals surface area contributed by atoms with Crippen molar-refractivity contribution in [3.8, 4) is 0 Å². The molecule has 6 heteroatoms. The number of halogens is 1. The second-order valence-corrected chi connectivity index (χ2v) is 5.27. The van der Waals surface area contributed by atoms with Gasteiger partial charge in [-0.15, -0.1) is 0 Å². The van der Waals surface area contributed by atoms with Gasteiger partial charge in [0.15, 0.2) is 6.29 Å². The zero-order valence-corrected chi connectivity index (χ0v) is 12.1. The molecule has 104 valence electrons. The number of nitrogens with zero attached hydrogens (tertiary/aromatic N) is 3. The van der Waals surface area contributed by atoms with E-state index in [1.165, 1.54) is 12.8 Å². The highest BCUT2D eigenvalue weighted by molar-refractivity contribution is 6.32. The number of anilines is 1. The fraction of sp³-hybridized carbons (Fsp3) is 0.615. The van der Waals surface area contributed by atoms with Crippen LogP contribution in [-0.2, 0) is 0 Å². The van der Waals surface area contributed by atoms with E-state index in [4.69, 9.17) is 11.6 Å². The van der Waals surface area contributed by atoms with Gasteiger partial charge in [-0.1, -0.05) is 11.6 Å². The molecule has 2 rings (SSSR count). The number of nitrogens with one attached hydrogen (secondary N) is 1. The maximum absolute atomic E-state index is 11.0. The summed E-state index contributed by atoms with van der Waals surface area (Å²) in [7, 11) is 0. The van der Waals surface area contributed by atoms with Gasteiger partial charge >= 0.3 is 0 Å². The SMILES string of the molecule is Cc1nc(Cl)c(C=O)c(NCC(C)N2CCCC2)n1. The van der Waals surface area contributed by atoms with E-state index >= 15 is 0 Å². The molecule has 1 N–H and O–H groups in total. The first kappa shape index (κ1) is 14.2. The van der Waals surface area contributed by atoms with Crippen molar-refractivity contribution in [2.45, 2.75) is 32.7 Å². The van der Waals surface area contributed by atoms with Gasteiger partial charge in [0.25, 0.3) is 0 Å². The molecule has 5 nitrogen and oxygen atoms in total. The monoisotopic (exact) mass is 282 g/mol. The summed E-state index contributed by atoms with van der Waals surface area (Å²) in [6.45, 7) is 6.97. The summed E-state index contributed by atoms with van der Waals surface area (Å²) >= 11 is 5.94. The molecule has 1 aromatic heterocycles. The molecular formula is C13H19ClN4O. The van der Waals surface area contributed by atoms with E-state index in [0.29, 0.717) is 29.5 Å². The van der Waals surface area contributed by atoms with Crippen molar-refractivity contribution in [1.82, 2.24) is 14.9 Å². The Balaban J connectivity index is 2.04. The Kier molecular flexibility index (Phi) is 4.71. The minimum atomic E-state index is 0.207. The molecule has 1 aliphatic rings. The molecule has 1 unspecified atom stereocenters. The molecule has 0 saturated carbocycles. The standard InChI is InChI=1S/C13H19ClN4O/c1-9(18-5-3-4-6-18)7-15-13-11(8-19)12(14)16-10(2)17-13/h8-9H,3-7H2,1-2H3,(H,15,16,17). The molecule has 0 spiro atoms. The van der Waals surface area contributed by atoms with E-state index in [9.17, 15) is 4.79 Å². The van der Waals surface area contributed by atoms with Crippen LogP contribution in [-0.4, -0.2) is 46.8 Å². The summed E-state index contributed by atoms with van der Waals surface area (Å²) in [5, 5.41) is 3.42. The van der Waals surface area contributed by atoms with Crippen molar-refractivity contribution in [3.63, 3.8) is 0 Å². The van der Waals surface area contributed by atoms with E-state index in [1.807, 2.05) is 0 Å². The predicted molar refractivity (Wildman–Crippen MR) is 75.9 cm³/mol. The number of aldehydes is 1. The second kappa shape index (κ2) is 6.30. The minimum Gasteiger partial charge on any atom is -0.368 e. The fourth-order valence-electron chi connectivity index (χ4n) is 2.34. The second-order valence-electron chi connectivity index (χ2n) is 4.91. The van der Waals surface area contributed by atoms with Crippen LogP contribution in [0.1, 0.15) is 35.9 Å².